The highest BCUT2D eigenvalue weighted by molar-refractivity contribution is 9.10. The molecule has 0 N–H and O–H groups in total. The third-order valence-electron chi connectivity index (χ3n) is 4.94. The lowest BCUT2D eigenvalue weighted by atomic mass is 9.61. The number of fused-ring (bicyclic) bond motifs is 2. The molecule has 0 saturated carbocycles. The van der Waals surface area contributed by atoms with Crippen LogP contribution in [-0.2, 0) is 24.5 Å². The molecule has 1 aliphatic carbocycles. The van der Waals surface area contributed by atoms with Crippen molar-refractivity contribution >= 4 is 33.5 Å². The number of benzene rings is 1. The van der Waals surface area contributed by atoms with Crippen LogP contribution in [-0.4, -0.2) is 44.5 Å². The summed E-state index contributed by atoms with van der Waals surface area (Å²) in [6, 6.07) is 3.36. The average Bonchev–Trinajstić information content (AvgIpc) is 2.61. The first-order chi connectivity index (χ1) is 12.0. The molecule has 0 amide bonds. The molecule has 6 nitrogen and oxygen atoms in total. The molecule has 0 aromatic heterocycles. The van der Waals surface area contributed by atoms with Gasteiger partial charge >= 0.3 is 5.97 Å². The van der Waals surface area contributed by atoms with Gasteiger partial charge in [0.25, 0.3) is 0 Å². The minimum absolute atomic E-state index is 0.114. The van der Waals surface area contributed by atoms with Gasteiger partial charge in [0, 0.05) is 18.8 Å². The normalized spacial score (nSPS) is 21.8. The lowest BCUT2D eigenvalue weighted by molar-refractivity contribution is -0.152. The van der Waals surface area contributed by atoms with Gasteiger partial charge in [0.1, 0.15) is 5.75 Å². The van der Waals surface area contributed by atoms with Gasteiger partial charge in [0.2, 0.25) is 0 Å². The van der Waals surface area contributed by atoms with Gasteiger partial charge in [-0.25, -0.2) is 0 Å². The zero-order valence-corrected chi connectivity index (χ0v) is 15.7. The minimum Gasteiger partial charge on any atom is -0.496 e. The summed E-state index contributed by atoms with van der Waals surface area (Å²) < 4.78 is 16.4. The van der Waals surface area contributed by atoms with Crippen molar-refractivity contribution in [2.24, 2.45) is 5.92 Å². The fourth-order valence-corrected chi connectivity index (χ4v) is 4.17. The molecule has 25 heavy (non-hydrogen) atoms. The van der Waals surface area contributed by atoms with Crippen LogP contribution in [0.2, 0.25) is 0 Å². The van der Waals surface area contributed by atoms with Gasteiger partial charge in [0.05, 0.1) is 23.6 Å². The topological polar surface area (TPSA) is 78.9 Å². The van der Waals surface area contributed by atoms with Gasteiger partial charge in [-0.1, -0.05) is 0 Å². The number of hydrogen-bond acceptors (Lipinski definition) is 6. The van der Waals surface area contributed by atoms with E-state index in [0.29, 0.717) is 47.4 Å². The number of rotatable bonds is 3. The predicted octanol–water partition coefficient (Wildman–Crippen LogP) is 2.45. The monoisotopic (exact) mass is 410 g/mol. The van der Waals surface area contributed by atoms with Crippen molar-refractivity contribution < 1.29 is 28.6 Å². The molecule has 0 bridgehead atoms. The van der Waals surface area contributed by atoms with E-state index in [1.807, 2.05) is 0 Å². The van der Waals surface area contributed by atoms with E-state index >= 15 is 0 Å². The Hall–Kier alpha value is -1.73. The van der Waals surface area contributed by atoms with E-state index in [9.17, 15) is 14.4 Å². The van der Waals surface area contributed by atoms with Gasteiger partial charge in [-0.2, -0.15) is 0 Å². The number of carbonyl (C=O) groups is 3. The minimum atomic E-state index is -1.42. The average molecular weight is 411 g/mol. The summed E-state index contributed by atoms with van der Waals surface area (Å²) in [5.74, 6) is -2.64. The predicted molar refractivity (Wildman–Crippen MR) is 91.9 cm³/mol. The van der Waals surface area contributed by atoms with Crippen molar-refractivity contribution in [2.75, 3.05) is 26.9 Å². The van der Waals surface area contributed by atoms with E-state index in [1.54, 1.807) is 19.1 Å². The number of ether oxygens (including phenoxy) is 3. The summed E-state index contributed by atoms with van der Waals surface area (Å²) in [4.78, 5) is 38.5. The molecule has 1 unspecified atom stereocenters. The standard InChI is InChI=1S/C18H19BrO6/c1-3-25-17(22)14-15(20)10-8-13(23-2)12(19)9-11(10)18(16(14)21)4-6-24-7-5-18/h8-9,14H,3-7H2,1-2H3. The fraction of sp³-hybridized carbons (Fsp3) is 0.500. The molecule has 1 heterocycles. The van der Waals surface area contributed by atoms with Crippen LogP contribution in [0.25, 0.3) is 0 Å². The van der Waals surface area contributed by atoms with Gasteiger partial charge < -0.3 is 14.2 Å². The van der Waals surface area contributed by atoms with E-state index in [0.717, 1.165) is 0 Å². The van der Waals surface area contributed by atoms with Crippen LogP contribution >= 0.6 is 15.9 Å². The summed E-state index contributed by atoms with van der Waals surface area (Å²) in [6.45, 7) is 2.56. The van der Waals surface area contributed by atoms with Gasteiger partial charge in [-0.15, -0.1) is 0 Å². The third kappa shape index (κ3) is 2.79. The number of methoxy groups -OCH3 is 1. The molecule has 1 aromatic rings. The Morgan fingerprint density at radius 3 is 2.60 bits per heavy atom. The number of hydrogen-bond donors (Lipinski definition) is 0. The Morgan fingerprint density at radius 2 is 2.00 bits per heavy atom. The summed E-state index contributed by atoms with van der Waals surface area (Å²) >= 11 is 3.42. The SMILES string of the molecule is CCOC(=O)C1C(=O)c2cc(OC)c(Br)cc2C2(CCOCC2)C1=O. The summed E-state index contributed by atoms with van der Waals surface area (Å²) in [5, 5.41) is 0. The molecule has 1 aliphatic heterocycles. The van der Waals surface area contributed by atoms with Gasteiger partial charge in [0.15, 0.2) is 17.5 Å². The van der Waals surface area contributed by atoms with E-state index < -0.39 is 23.1 Å². The lowest BCUT2D eigenvalue weighted by Crippen LogP contribution is -2.53. The second kappa shape index (κ2) is 6.88. The molecule has 0 radical (unpaired) electrons. The third-order valence-corrected chi connectivity index (χ3v) is 5.56. The quantitative estimate of drug-likeness (QED) is 0.562. The lowest BCUT2D eigenvalue weighted by Gasteiger charge is -2.42. The second-order valence-electron chi connectivity index (χ2n) is 6.14. The molecule has 1 saturated heterocycles. The Labute approximate surface area is 153 Å². The highest BCUT2D eigenvalue weighted by atomic mass is 79.9. The maximum Gasteiger partial charge on any atom is 0.324 e. The van der Waals surface area contributed by atoms with Gasteiger partial charge in [-0.3, -0.25) is 14.4 Å². The van der Waals surface area contributed by atoms with Crippen LogP contribution in [0.1, 0.15) is 35.7 Å². The number of ketones is 2. The maximum absolute atomic E-state index is 13.2. The van der Waals surface area contributed by atoms with Crippen LogP contribution in [0.3, 0.4) is 0 Å². The second-order valence-corrected chi connectivity index (χ2v) is 6.99. The van der Waals surface area contributed by atoms with Crippen LogP contribution in [0.5, 0.6) is 5.75 Å². The molecule has 1 aromatic carbocycles. The molecule has 7 heteroatoms. The van der Waals surface area contributed by atoms with Crippen molar-refractivity contribution in [1.29, 1.82) is 0 Å². The van der Waals surface area contributed by atoms with Crippen LogP contribution in [0.4, 0.5) is 0 Å². The zero-order valence-electron chi connectivity index (χ0n) is 14.1. The Bertz CT molecular complexity index is 735. The molecule has 2 aliphatic rings. The number of halogens is 1. The van der Waals surface area contributed by atoms with Crippen molar-refractivity contribution in [2.45, 2.75) is 25.2 Å². The molecule has 1 fully saturated rings. The van der Waals surface area contributed by atoms with Crippen molar-refractivity contribution in [3.8, 4) is 5.75 Å². The Kier molecular flexibility index (Phi) is 4.97. The summed E-state index contributed by atoms with van der Waals surface area (Å²) in [5.41, 5.74) is 0.0758. The smallest absolute Gasteiger partial charge is 0.324 e. The molecular weight excluding hydrogens is 392 g/mol. The summed E-state index contributed by atoms with van der Waals surface area (Å²) in [6.07, 6.45) is 0.863. The fourth-order valence-electron chi connectivity index (χ4n) is 3.67. The van der Waals surface area contributed by atoms with Crippen molar-refractivity contribution in [3.05, 3.63) is 27.7 Å². The van der Waals surface area contributed by atoms with Crippen LogP contribution in [0, 0.1) is 5.92 Å². The molecule has 1 spiro atoms. The molecular formula is C18H19BrO6. The first kappa shape index (κ1) is 18.1. The van der Waals surface area contributed by atoms with E-state index in [1.165, 1.54) is 7.11 Å². The first-order valence-electron chi connectivity index (χ1n) is 8.17. The molecule has 3 rings (SSSR count). The van der Waals surface area contributed by atoms with E-state index in [-0.39, 0.29) is 12.4 Å². The van der Waals surface area contributed by atoms with Crippen molar-refractivity contribution in [1.82, 2.24) is 0 Å². The summed E-state index contributed by atoms with van der Waals surface area (Å²) in [7, 11) is 1.50. The van der Waals surface area contributed by atoms with Crippen LogP contribution in [0.15, 0.2) is 16.6 Å². The maximum atomic E-state index is 13.2. The van der Waals surface area contributed by atoms with Crippen LogP contribution < -0.4 is 4.74 Å². The number of esters is 1. The zero-order chi connectivity index (χ0) is 18.2. The Morgan fingerprint density at radius 1 is 1.32 bits per heavy atom. The number of carbonyl (C=O) groups excluding carboxylic acids is 3. The van der Waals surface area contributed by atoms with E-state index in [4.69, 9.17) is 14.2 Å². The van der Waals surface area contributed by atoms with Crippen molar-refractivity contribution in [3.63, 3.8) is 0 Å². The van der Waals surface area contributed by atoms with E-state index in [2.05, 4.69) is 15.9 Å². The van der Waals surface area contributed by atoms with Gasteiger partial charge in [-0.05, 0) is 53.4 Å². The largest absolute Gasteiger partial charge is 0.496 e. The Balaban J connectivity index is 2.21. The number of Topliss-reactive ketones (excluding diaryl/α,β-unsaturated/α-hetero) is 2. The molecule has 134 valence electrons. The highest BCUT2D eigenvalue weighted by Gasteiger charge is 2.55. The first-order valence-corrected chi connectivity index (χ1v) is 8.96. The molecule has 1 atom stereocenters. The highest BCUT2D eigenvalue weighted by Crippen LogP contribution is 2.47.